The van der Waals surface area contributed by atoms with Crippen LogP contribution in [-0.2, 0) is 6.18 Å². The van der Waals surface area contributed by atoms with Gasteiger partial charge in [0.2, 0.25) is 0 Å². The van der Waals surface area contributed by atoms with E-state index in [2.05, 4.69) is 22.0 Å². The predicted molar refractivity (Wildman–Crippen MR) is 158 cm³/mol. The molecular weight excluding hydrogens is 581 g/mol. The SMILES string of the molecule is COc1ccc(C)cc1NC(=O)Nc1ccc(N2CCN(C(=O)Nc3ccc(OCCO)cc3C(F)(F)F)CC2)c(C#N)c1. The van der Waals surface area contributed by atoms with E-state index in [1.165, 1.54) is 24.1 Å². The van der Waals surface area contributed by atoms with Crippen molar-refractivity contribution in [3.63, 3.8) is 0 Å². The maximum Gasteiger partial charge on any atom is 0.418 e. The van der Waals surface area contributed by atoms with E-state index in [0.29, 0.717) is 41.5 Å². The number of carbonyl (C=O) groups is 2. The molecule has 1 aliphatic heterocycles. The molecule has 0 saturated carbocycles. The number of nitrogens with zero attached hydrogens (tertiary/aromatic N) is 3. The van der Waals surface area contributed by atoms with E-state index in [4.69, 9.17) is 14.6 Å². The highest BCUT2D eigenvalue weighted by atomic mass is 19.4. The first-order chi connectivity index (χ1) is 21.0. The minimum atomic E-state index is -4.75. The van der Waals surface area contributed by atoms with Gasteiger partial charge in [0.1, 0.15) is 24.2 Å². The van der Waals surface area contributed by atoms with Gasteiger partial charge in [0.05, 0.1) is 41.9 Å². The van der Waals surface area contributed by atoms with Crippen LogP contribution in [0.15, 0.2) is 54.6 Å². The van der Waals surface area contributed by atoms with Crippen molar-refractivity contribution < 1.29 is 37.3 Å². The third-order valence-electron chi connectivity index (χ3n) is 6.78. The molecule has 1 heterocycles. The van der Waals surface area contributed by atoms with Crippen molar-refractivity contribution in [3.05, 3.63) is 71.3 Å². The molecule has 3 aromatic carbocycles. The molecule has 1 saturated heterocycles. The van der Waals surface area contributed by atoms with Gasteiger partial charge in [-0.25, -0.2) is 9.59 Å². The van der Waals surface area contributed by atoms with Crippen molar-refractivity contribution in [1.29, 1.82) is 5.26 Å². The van der Waals surface area contributed by atoms with Gasteiger partial charge in [0.25, 0.3) is 0 Å². The molecule has 0 spiro atoms. The van der Waals surface area contributed by atoms with Crippen molar-refractivity contribution in [1.82, 2.24) is 4.90 Å². The number of aryl methyl sites for hydroxylation is 1. The fraction of sp³-hybridized carbons (Fsp3) is 0.300. The van der Waals surface area contributed by atoms with Crippen LogP contribution in [0, 0.1) is 18.3 Å². The Balaban J connectivity index is 1.38. The van der Waals surface area contributed by atoms with Gasteiger partial charge >= 0.3 is 18.2 Å². The first-order valence-electron chi connectivity index (χ1n) is 13.5. The summed E-state index contributed by atoms with van der Waals surface area (Å²) in [6.45, 7) is 2.38. The third-order valence-corrected chi connectivity index (χ3v) is 6.78. The Kier molecular flexibility index (Phi) is 10.0. The highest BCUT2D eigenvalue weighted by Gasteiger charge is 2.35. The normalized spacial score (nSPS) is 13.1. The number of piperazine rings is 1. The number of ether oxygens (including phenoxy) is 2. The monoisotopic (exact) mass is 612 g/mol. The van der Waals surface area contributed by atoms with E-state index in [-0.39, 0.29) is 32.1 Å². The predicted octanol–water partition coefficient (Wildman–Crippen LogP) is 5.26. The Labute approximate surface area is 251 Å². The summed E-state index contributed by atoms with van der Waals surface area (Å²) in [6, 6.07) is 14.3. The summed E-state index contributed by atoms with van der Waals surface area (Å²) >= 11 is 0. The maximum atomic E-state index is 13.7. The van der Waals surface area contributed by atoms with Gasteiger partial charge in [-0.3, -0.25) is 0 Å². The number of nitriles is 1. The second kappa shape index (κ2) is 13.9. The van der Waals surface area contributed by atoms with E-state index >= 15 is 0 Å². The number of aliphatic hydroxyl groups excluding tert-OH is 1. The van der Waals surface area contributed by atoms with Crippen LogP contribution >= 0.6 is 0 Å². The van der Waals surface area contributed by atoms with Crippen LogP contribution in [0.3, 0.4) is 0 Å². The third kappa shape index (κ3) is 7.81. The van der Waals surface area contributed by atoms with Crippen molar-refractivity contribution in [3.8, 4) is 17.6 Å². The van der Waals surface area contributed by atoms with Gasteiger partial charge in [-0.2, -0.15) is 18.4 Å². The molecule has 44 heavy (non-hydrogen) atoms. The Bertz CT molecular complexity index is 1550. The number of anilines is 4. The second-order valence-electron chi connectivity index (χ2n) is 9.81. The fourth-order valence-electron chi connectivity index (χ4n) is 4.65. The van der Waals surface area contributed by atoms with E-state index in [1.54, 1.807) is 24.3 Å². The summed E-state index contributed by atoms with van der Waals surface area (Å²) in [6.07, 6.45) is -4.75. The number of carbonyl (C=O) groups excluding carboxylic acids is 2. The number of amides is 4. The summed E-state index contributed by atoms with van der Waals surface area (Å²) in [5, 5.41) is 26.4. The molecule has 0 bridgehead atoms. The van der Waals surface area contributed by atoms with Gasteiger partial charge in [-0.1, -0.05) is 6.07 Å². The van der Waals surface area contributed by atoms with Crippen LogP contribution in [-0.4, -0.2) is 68.6 Å². The molecule has 0 atom stereocenters. The number of rotatable bonds is 8. The number of urea groups is 2. The molecule has 11 nitrogen and oxygen atoms in total. The molecule has 1 aliphatic rings. The van der Waals surface area contributed by atoms with E-state index < -0.39 is 29.5 Å². The Hall–Kier alpha value is -5.16. The van der Waals surface area contributed by atoms with Crippen LogP contribution in [0.1, 0.15) is 16.7 Å². The van der Waals surface area contributed by atoms with Crippen molar-refractivity contribution in [2.24, 2.45) is 0 Å². The lowest BCUT2D eigenvalue weighted by Gasteiger charge is -2.36. The van der Waals surface area contributed by atoms with Gasteiger partial charge in [-0.05, 0) is 61.0 Å². The molecule has 1 fully saturated rings. The van der Waals surface area contributed by atoms with Gasteiger partial charge in [-0.15, -0.1) is 0 Å². The molecule has 0 aromatic heterocycles. The minimum absolute atomic E-state index is 0.0837. The van der Waals surface area contributed by atoms with E-state index in [9.17, 15) is 28.0 Å². The lowest BCUT2D eigenvalue weighted by molar-refractivity contribution is -0.137. The van der Waals surface area contributed by atoms with Crippen LogP contribution in [0.5, 0.6) is 11.5 Å². The molecular formula is C30H31F3N6O5. The molecule has 0 unspecified atom stereocenters. The second-order valence-corrected chi connectivity index (χ2v) is 9.81. The lowest BCUT2D eigenvalue weighted by Crippen LogP contribution is -2.50. The maximum absolute atomic E-state index is 13.7. The summed E-state index contributed by atoms with van der Waals surface area (Å²) in [4.78, 5) is 28.8. The molecule has 4 amide bonds. The lowest BCUT2D eigenvalue weighted by atomic mass is 10.1. The van der Waals surface area contributed by atoms with Crippen molar-refractivity contribution in [2.45, 2.75) is 13.1 Å². The van der Waals surface area contributed by atoms with Crippen molar-refractivity contribution >= 4 is 34.8 Å². The zero-order valence-corrected chi connectivity index (χ0v) is 24.0. The van der Waals surface area contributed by atoms with Crippen LogP contribution in [0.2, 0.25) is 0 Å². The zero-order chi connectivity index (χ0) is 31.9. The number of hydrogen-bond acceptors (Lipinski definition) is 7. The van der Waals surface area contributed by atoms with E-state index in [0.717, 1.165) is 17.7 Å². The Morgan fingerprint density at radius 2 is 1.73 bits per heavy atom. The molecule has 232 valence electrons. The highest BCUT2D eigenvalue weighted by molar-refractivity contribution is 6.01. The number of alkyl halides is 3. The first kappa shape index (κ1) is 31.8. The smallest absolute Gasteiger partial charge is 0.418 e. The van der Waals surface area contributed by atoms with Gasteiger partial charge in [0, 0.05) is 31.9 Å². The van der Waals surface area contributed by atoms with Gasteiger partial charge in [0.15, 0.2) is 0 Å². The number of halogens is 3. The first-order valence-corrected chi connectivity index (χ1v) is 13.5. The Morgan fingerprint density at radius 1 is 0.977 bits per heavy atom. The van der Waals surface area contributed by atoms with Crippen LogP contribution in [0.25, 0.3) is 0 Å². The Morgan fingerprint density at radius 3 is 2.39 bits per heavy atom. The van der Waals surface area contributed by atoms with Crippen molar-refractivity contribution in [2.75, 3.05) is 67.4 Å². The average Bonchev–Trinajstić information content (AvgIpc) is 3.00. The number of aliphatic hydroxyl groups is 1. The largest absolute Gasteiger partial charge is 0.495 e. The summed E-state index contributed by atoms with van der Waals surface area (Å²) in [7, 11) is 1.50. The topological polar surface area (TPSA) is 139 Å². The summed E-state index contributed by atoms with van der Waals surface area (Å²) in [5.74, 6) is 0.411. The molecule has 4 N–H and O–H groups in total. The highest BCUT2D eigenvalue weighted by Crippen LogP contribution is 2.37. The van der Waals surface area contributed by atoms with E-state index in [1.807, 2.05) is 17.9 Å². The quantitative estimate of drug-likeness (QED) is 0.272. The number of benzene rings is 3. The minimum Gasteiger partial charge on any atom is -0.495 e. The van der Waals surface area contributed by atoms with Gasteiger partial charge < -0.3 is 40.3 Å². The van der Waals surface area contributed by atoms with Crippen LogP contribution in [0.4, 0.5) is 45.5 Å². The molecule has 0 radical (unpaired) electrons. The standard InChI is InChI=1S/C30H31F3N6O5/c1-19-3-8-27(43-2)25(15-19)36-28(41)35-21-4-7-26(20(16-21)18-34)38-9-11-39(12-10-38)29(42)37-24-6-5-22(44-14-13-40)17-23(24)30(31,32)33/h3-8,15-17,40H,9-14H2,1-2H3,(H,37,42)(H2,35,36,41). The molecule has 14 heteroatoms. The van der Waals surface area contributed by atoms with Crippen LogP contribution < -0.4 is 30.3 Å². The summed E-state index contributed by atoms with van der Waals surface area (Å²) in [5.41, 5.74) is 1.22. The summed E-state index contributed by atoms with van der Waals surface area (Å²) < 4.78 is 51.3. The number of methoxy groups -OCH3 is 1. The molecule has 4 rings (SSSR count). The molecule has 0 aliphatic carbocycles. The number of nitrogens with one attached hydrogen (secondary N) is 3. The molecule has 3 aromatic rings. The number of hydrogen-bond donors (Lipinski definition) is 4. The fourth-order valence-corrected chi connectivity index (χ4v) is 4.65. The average molecular weight is 613 g/mol. The zero-order valence-electron chi connectivity index (χ0n) is 24.0.